The Bertz CT molecular complexity index is 758. The Hall–Kier alpha value is -2.01. The average molecular weight is 523 g/mol. The van der Waals surface area contributed by atoms with Gasteiger partial charge in [0.25, 0.3) is 0 Å². The Morgan fingerprint density at radius 2 is 1.72 bits per heavy atom. The van der Waals surface area contributed by atoms with Crippen molar-refractivity contribution < 1.29 is 23.0 Å². The fraction of sp³-hybridized carbons (Fsp3) is 0.350. The van der Waals surface area contributed by atoms with E-state index in [1.54, 1.807) is 6.07 Å². The first-order valence-electron chi connectivity index (χ1n) is 8.94. The van der Waals surface area contributed by atoms with Gasteiger partial charge in [0.05, 0.1) is 13.2 Å². The molecule has 2 rings (SSSR count). The van der Waals surface area contributed by atoms with Crippen LogP contribution in [0.1, 0.15) is 24.0 Å². The molecule has 29 heavy (non-hydrogen) atoms. The first-order chi connectivity index (χ1) is 13.4. The summed E-state index contributed by atoms with van der Waals surface area (Å²) in [5.74, 6) is 0.0386. The van der Waals surface area contributed by atoms with Crippen molar-refractivity contribution in [2.24, 2.45) is 4.99 Å². The molecule has 2 aromatic carbocycles. The number of rotatable bonds is 8. The number of hydrogen-bond donors (Lipinski definition) is 3. The molecule has 0 fully saturated rings. The Morgan fingerprint density at radius 3 is 2.34 bits per heavy atom. The molecule has 160 valence electrons. The number of halogens is 4. The van der Waals surface area contributed by atoms with Gasteiger partial charge in [-0.3, -0.25) is 0 Å². The third-order valence-electron chi connectivity index (χ3n) is 3.96. The van der Waals surface area contributed by atoms with Gasteiger partial charge in [0.2, 0.25) is 0 Å². The molecule has 3 N–H and O–H groups in total. The molecule has 0 aliphatic carbocycles. The highest BCUT2D eigenvalue weighted by Gasteiger charge is 2.31. The highest BCUT2D eigenvalue weighted by atomic mass is 127. The van der Waals surface area contributed by atoms with Gasteiger partial charge in [-0.25, -0.2) is 4.99 Å². The van der Waals surface area contributed by atoms with Crippen LogP contribution in [0, 0.1) is 0 Å². The van der Waals surface area contributed by atoms with Gasteiger partial charge in [-0.1, -0.05) is 48.5 Å². The second kappa shape index (κ2) is 12.5. The summed E-state index contributed by atoms with van der Waals surface area (Å²) in [6.07, 6.45) is -4.76. The molecular weight excluding hydrogens is 498 g/mol. The van der Waals surface area contributed by atoms with Crippen LogP contribution in [0.15, 0.2) is 59.6 Å². The smallest absolute Gasteiger partial charge is 0.405 e. The van der Waals surface area contributed by atoms with Gasteiger partial charge in [-0.15, -0.1) is 37.1 Å². The van der Waals surface area contributed by atoms with Crippen molar-refractivity contribution in [3.05, 3.63) is 65.7 Å². The van der Waals surface area contributed by atoms with Crippen LogP contribution in [-0.2, 0) is 6.54 Å². The van der Waals surface area contributed by atoms with E-state index in [9.17, 15) is 18.3 Å². The molecule has 2 aromatic rings. The normalized spacial score (nSPS) is 12.7. The summed E-state index contributed by atoms with van der Waals surface area (Å²) in [4.78, 5) is 4.34. The molecule has 1 unspecified atom stereocenters. The summed E-state index contributed by atoms with van der Waals surface area (Å²) in [5.41, 5.74) is 1.30. The van der Waals surface area contributed by atoms with Crippen molar-refractivity contribution in [1.82, 2.24) is 10.6 Å². The van der Waals surface area contributed by atoms with E-state index in [2.05, 4.69) is 20.4 Å². The highest BCUT2D eigenvalue weighted by molar-refractivity contribution is 14.0. The van der Waals surface area contributed by atoms with Gasteiger partial charge in [-0.05, 0) is 18.6 Å². The van der Waals surface area contributed by atoms with Crippen molar-refractivity contribution >= 4 is 29.9 Å². The SMILES string of the molecule is CCNC(=NCc1ccccc1OC(F)(F)F)NCC(CO)c1ccccc1.I. The van der Waals surface area contributed by atoms with Crippen molar-refractivity contribution in [2.45, 2.75) is 25.7 Å². The predicted octanol–water partition coefficient (Wildman–Crippen LogP) is 4.03. The summed E-state index contributed by atoms with van der Waals surface area (Å²) in [6, 6.07) is 15.5. The van der Waals surface area contributed by atoms with Gasteiger partial charge in [0, 0.05) is 24.6 Å². The lowest BCUT2D eigenvalue weighted by atomic mass is 10.0. The minimum atomic E-state index is -4.76. The maximum atomic E-state index is 12.5. The van der Waals surface area contributed by atoms with Gasteiger partial charge < -0.3 is 20.5 Å². The lowest BCUT2D eigenvalue weighted by Crippen LogP contribution is -2.40. The molecule has 0 aliphatic heterocycles. The van der Waals surface area contributed by atoms with Crippen LogP contribution in [0.4, 0.5) is 13.2 Å². The lowest BCUT2D eigenvalue weighted by Gasteiger charge is -2.18. The molecule has 1 atom stereocenters. The molecule has 0 aromatic heterocycles. The van der Waals surface area contributed by atoms with Gasteiger partial charge in [-0.2, -0.15) is 0 Å². The third kappa shape index (κ3) is 8.90. The second-order valence-electron chi connectivity index (χ2n) is 6.02. The molecule has 0 aliphatic rings. The van der Waals surface area contributed by atoms with Crippen molar-refractivity contribution in [3.63, 3.8) is 0 Å². The maximum absolute atomic E-state index is 12.5. The molecule has 9 heteroatoms. The zero-order valence-electron chi connectivity index (χ0n) is 15.9. The highest BCUT2D eigenvalue weighted by Crippen LogP contribution is 2.26. The number of guanidine groups is 1. The van der Waals surface area contributed by atoms with Gasteiger partial charge >= 0.3 is 6.36 Å². The average Bonchev–Trinajstić information content (AvgIpc) is 2.67. The van der Waals surface area contributed by atoms with Crippen LogP contribution >= 0.6 is 24.0 Å². The maximum Gasteiger partial charge on any atom is 0.573 e. The number of nitrogens with zero attached hydrogens (tertiary/aromatic N) is 1. The summed E-state index contributed by atoms with van der Waals surface area (Å²) in [5, 5.41) is 15.8. The van der Waals surface area contributed by atoms with Crippen molar-refractivity contribution in [3.8, 4) is 5.75 Å². The van der Waals surface area contributed by atoms with Crippen LogP contribution < -0.4 is 15.4 Å². The van der Waals surface area contributed by atoms with Crippen LogP contribution in [0.5, 0.6) is 5.75 Å². The summed E-state index contributed by atoms with van der Waals surface area (Å²) in [7, 11) is 0. The summed E-state index contributed by atoms with van der Waals surface area (Å²) >= 11 is 0. The minimum Gasteiger partial charge on any atom is -0.405 e. The zero-order valence-corrected chi connectivity index (χ0v) is 18.3. The van der Waals surface area contributed by atoms with Gasteiger partial charge in [0.1, 0.15) is 5.75 Å². The Morgan fingerprint density at radius 1 is 1.07 bits per heavy atom. The van der Waals surface area contributed by atoms with E-state index in [4.69, 9.17) is 0 Å². The topological polar surface area (TPSA) is 65.9 Å². The predicted molar refractivity (Wildman–Crippen MR) is 118 cm³/mol. The van der Waals surface area contributed by atoms with Crippen LogP contribution in [0.25, 0.3) is 0 Å². The van der Waals surface area contributed by atoms with E-state index < -0.39 is 6.36 Å². The number of aliphatic hydroxyl groups excluding tert-OH is 1. The number of benzene rings is 2. The first-order valence-corrected chi connectivity index (χ1v) is 8.94. The number of aliphatic hydroxyl groups is 1. The molecule has 0 heterocycles. The molecular formula is C20H25F3IN3O2. The number of aliphatic imine (C=N–C) groups is 1. The van der Waals surface area contributed by atoms with E-state index in [0.717, 1.165) is 5.56 Å². The van der Waals surface area contributed by atoms with Gasteiger partial charge in [0.15, 0.2) is 5.96 Å². The number of alkyl halides is 3. The number of ether oxygens (including phenoxy) is 1. The largest absolute Gasteiger partial charge is 0.573 e. The van der Waals surface area contributed by atoms with Crippen LogP contribution in [0.2, 0.25) is 0 Å². The molecule has 0 saturated carbocycles. The van der Waals surface area contributed by atoms with Crippen molar-refractivity contribution in [2.75, 3.05) is 19.7 Å². The second-order valence-corrected chi connectivity index (χ2v) is 6.02. The number of para-hydroxylation sites is 1. The Labute approximate surface area is 185 Å². The van der Waals surface area contributed by atoms with Crippen LogP contribution in [-0.4, -0.2) is 37.1 Å². The number of nitrogens with one attached hydrogen (secondary N) is 2. The van der Waals surface area contributed by atoms with E-state index >= 15 is 0 Å². The molecule has 5 nitrogen and oxygen atoms in total. The third-order valence-corrected chi connectivity index (χ3v) is 3.96. The molecule has 0 amide bonds. The number of hydrogen-bond acceptors (Lipinski definition) is 3. The molecule has 0 saturated heterocycles. The fourth-order valence-electron chi connectivity index (χ4n) is 2.60. The fourth-order valence-corrected chi connectivity index (χ4v) is 2.60. The van der Waals surface area contributed by atoms with Crippen LogP contribution in [0.3, 0.4) is 0 Å². The summed E-state index contributed by atoms with van der Waals surface area (Å²) < 4.78 is 41.7. The molecule has 0 bridgehead atoms. The minimum absolute atomic E-state index is 0. The van der Waals surface area contributed by atoms with E-state index in [0.29, 0.717) is 24.6 Å². The van der Waals surface area contributed by atoms with E-state index in [-0.39, 0.29) is 48.8 Å². The van der Waals surface area contributed by atoms with E-state index in [1.165, 1.54) is 18.2 Å². The standard InChI is InChI=1S/C20H24F3N3O2.HI/c1-2-24-19(26-13-17(14-27)15-8-4-3-5-9-15)25-12-16-10-6-7-11-18(16)28-20(21,22)23;/h3-11,17,27H,2,12-14H2,1H3,(H2,24,25,26);1H. The van der Waals surface area contributed by atoms with E-state index in [1.807, 2.05) is 37.3 Å². The van der Waals surface area contributed by atoms with Crippen molar-refractivity contribution in [1.29, 1.82) is 0 Å². The Balaban J connectivity index is 0.00000420. The quantitative estimate of drug-likeness (QED) is 0.278. The zero-order chi connectivity index (χ0) is 20.4. The monoisotopic (exact) mass is 523 g/mol. The summed E-state index contributed by atoms with van der Waals surface area (Å²) in [6.45, 7) is 2.86. The lowest BCUT2D eigenvalue weighted by molar-refractivity contribution is -0.274. The first kappa shape index (κ1) is 25.0. The molecule has 0 radical (unpaired) electrons. The Kier molecular flexibility index (Phi) is 10.8. The molecule has 0 spiro atoms.